The number of likely N-dealkylation sites (tertiary alicyclic amines) is 1. The molecule has 0 amide bonds. The van der Waals surface area contributed by atoms with Crippen LogP contribution in [0.1, 0.15) is 72.1 Å². The Bertz CT molecular complexity index is 185. The molecule has 17 heavy (non-hydrogen) atoms. The number of nitrogens with zero attached hydrogens (tertiary/aromatic N) is 1. The van der Waals surface area contributed by atoms with E-state index in [0.29, 0.717) is 0 Å². The van der Waals surface area contributed by atoms with E-state index in [2.05, 4.69) is 25.7 Å². The SMILES string of the molecule is CCCCN1CCCC1(CCCC)OCCC. The van der Waals surface area contributed by atoms with E-state index in [0.717, 1.165) is 13.0 Å². The van der Waals surface area contributed by atoms with Crippen LogP contribution in [0, 0.1) is 0 Å². The molecule has 1 atom stereocenters. The van der Waals surface area contributed by atoms with E-state index in [-0.39, 0.29) is 5.72 Å². The predicted molar refractivity (Wildman–Crippen MR) is 74.2 cm³/mol. The van der Waals surface area contributed by atoms with Crippen molar-refractivity contribution in [2.24, 2.45) is 0 Å². The van der Waals surface area contributed by atoms with Crippen molar-refractivity contribution in [2.45, 2.75) is 77.9 Å². The maximum atomic E-state index is 6.28. The fourth-order valence-electron chi connectivity index (χ4n) is 2.84. The Morgan fingerprint density at radius 1 is 1.06 bits per heavy atom. The molecule has 0 saturated carbocycles. The first kappa shape index (κ1) is 15.0. The van der Waals surface area contributed by atoms with E-state index in [1.807, 2.05) is 0 Å². The number of hydrogen-bond donors (Lipinski definition) is 0. The van der Waals surface area contributed by atoms with Gasteiger partial charge in [0.2, 0.25) is 0 Å². The highest BCUT2D eigenvalue weighted by atomic mass is 16.5. The molecular weight excluding hydrogens is 210 g/mol. The van der Waals surface area contributed by atoms with Crippen molar-refractivity contribution in [3.05, 3.63) is 0 Å². The van der Waals surface area contributed by atoms with Gasteiger partial charge in [-0.15, -0.1) is 0 Å². The normalized spacial score (nSPS) is 25.6. The van der Waals surface area contributed by atoms with Crippen LogP contribution < -0.4 is 0 Å². The van der Waals surface area contributed by atoms with Gasteiger partial charge in [-0.05, 0) is 38.5 Å². The fraction of sp³-hybridized carbons (Fsp3) is 1.00. The maximum Gasteiger partial charge on any atom is 0.121 e. The predicted octanol–water partition coefficient (Wildman–Crippen LogP) is 4.20. The van der Waals surface area contributed by atoms with Crippen LogP contribution in [0.5, 0.6) is 0 Å². The smallest absolute Gasteiger partial charge is 0.121 e. The third kappa shape index (κ3) is 4.26. The van der Waals surface area contributed by atoms with Crippen molar-refractivity contribution < 1.29 is 4.74 Å². The molecule has 1 fully saturated rings. The van der Waals surface area contributed by atoms with Crippen LogP contribution in [0.3, 0.4) is 0 Å². The second-order valence-electron chi connectivity index (χ2n) is 5.34. The summed E-state index contributed by atoms with van der Waals surface area (Å²) in [4.78, 5) is 2.63. The molecule has 1 aliphatic heterocycles. The third-order valence-electron chi connectivity index (χ3n) is 3.85. The number of unbranched alkanes of at least 4 members (excludes halogenated alkanes) is 2. The van der Waals surface area contributed by atoms with Crippen molar-refractivity contribution in [1.29, 1.82) is 0 Å². The Kier molecular flexibility index (Phi) is 7.14. The van der Waals surface area contributed by atoms with Crippen molar-refractivity contribution in [1.82, 2.24) is 4.90 Å². The monoisotopic (exact) mass is 241 g/mol. The fourth-order valence-corrected chi connectivity index (χ4v) is 2.84. The van der Waals surface area contributed by atoms with E-state index < -0.39 is 0 Å². The average Bonchev–Trinajstić information content (AvgIpc) is 2.75. The van der Waals surface area contributed by atoms with Crippen molar-refractivity contribution in [2.75, 3.05) is 19.7 Å². The van der Waals surface area contributed by atoms with Gasteiger partial charge in [0.05, 0.1) is 0 Å². The highest BCUT2D eigenvalue weighted by Gasteiger charge is 2.40. The molecule has 0 spiro atoms. The molecule has 2 heteroatoms. The summed E-state index contributed by atoms with van der Waals surface area (Å²) < 4.78 is 6.28. The van der Waals surface area contributed by atoms with Crippen LogP contribution in [-0.4, -0.2) is 30.3 Å². The zero-order valence-corrected chi connectivity index (χ0v) is 12.1. The minimum atomic E-state index is 0.0984. The van der Waals surface area contributed by atoms with Crippen LogP contribution >= 0.6 is 0 Å². The topological polar surface area (TPSA) is 12.5 Å². The van der Waals surface area contributed by atoms with E-state index in [4.69, 9.17) is 4.74 Å². The quantitative estimate of drug-likeness (QED) is 0.600. The van der Waals surface area contributed by atoms with Gasteiger partial charge < -0.3 is 4.74 Å². The maximum absolute atomic E-state index is 6.28. The third-order valence-corrected chi connectivity index (χ3v) is 3.85. The molecule has 0 aliphatic carbocycles. The Labute approximate surface area is 108 Å². The first-order valence-corrected chi connectivity index (χ1v) is 7.68. The summed E-state index contributed by atoms with van der Waals surface area (Å²) in [6, 6.07) is 0. The first-order valence-electron chi connectivity index (χ1n) is 7.68. The zero-order chi connectivity index (χ0) is 12.6. The van der Waals surface area contributed by atoms with Crippen molar-refractivity contribution >= 4 is 0 Å². The largest absolute Gasteiger partial charge is 0.360 e. The highest BCUT2D eigenvalue weighted by Crippen LogP contribution is 2.35. The van der Waals surface area contributed by atoms with Gasteiger partial charge in [-0.1, -0.05) is 33.6 Å². The standard InChI is InChI=1S/C15H31NO/c1-4-7-10-15(17-14-6-3)11-9-13-16(15)12-8-5-2/h4-14H2,1-3H3. The summed E-state index contributed by atoms with van der Waals surface area (Å²) in [5, 5.41) is 0. The number of ether oxygens (including phenoxy) is 1. The summed E-state index contributed by atoms with van der Waals surface area (Å²) in [5.41, 5.74) is 0.0984. The molecule has 1 heterocycles. The minimum Gasteiger partial charge on any atom is -0.360 e. The molecule has 0 N–H and O–H groups in total. The zero-order valence-electron chi connectivity index (χ0n) is 12.1. The van der Waals surface area contributed by atoms with E-state index >= 15 is 0 Å². The molecule has 1 unspecified atom stereocenters. The molecule has 1 rings (SSSR count). The van der Waals surface area contributed by atoms with Gasteiger partial charge in [0.1, 0.15) is 5.72 Å². The van der Waals surface area contributed by atoms with Gasteiger partial charge in [-0.25, -0.2) is 0 Å². The molecule has 0 bridgehead atoms. The second-order valence-corrected chi connectivity index (χ2v) is 5.34. The Balaban J connectivity index is 2.57. The van der Waals surface area contributed by atoms with Gasteiger partial charge in [0.15, 0.2) is 0 Å². The molecule has 0 aromatic heterocycles. The first-order chi connectivity index (χ1) is 8.29. The van der Waals surface area contributed by atoms with Gasteiger partial charge in [0.25, 0.3) is 0 Å². The Morgan fingerprint density at radius 2 is 1.82 bits per heavy atom. The molecule has 102 valence electrons. The van der Waals surface area contributed by atoms with Crippen LogP contribution in [0.25, 0.3) is 0 Å². The number of rotatable bonds is 9. The molecule has 1 saturated heterocycles. The van der Waals surface area contributed by atoms with Crippen LogP contribution in [0.15, 0.2) is 0 Å². The van der Waals surface area contributed by atoms with Crippen LogP contribution in [-0.2, 0) is 4.74 Å². The summed E-state index contributed by atoms with van der Waals surface area (Å²) in [6.45, 7) is 10.2. The number of hydrogen-bond acceptors (Lipinski definition) is 2. The molecule has 0 radical (unpaired) electrons. The summed E-state index contributed by atoms with van der Waals surface area (Å²) in [7, 11) is 0. The van der Waals surface area contributed by atoms with Crippen molar-refractivity contribution in [3.8, 4) is 0 Å². The lowest BCUT2D eigenvalue weighted by atomic mass is 10.0. The van der Waals surface area contributed by atoms with Crippen molar-refractivity contribution in [3.63, 3.8) is 0 Å². The summed E-state index contributed by atoms with van der Waals surface area (Å²) >= 11 is 0. The minimum absolute atomic E-state index is 0.0984. The van der Waals surface area contributed by atoms with E-state index in [9.17, 15) is 0 Å². The lowest BCUT2D eigenvalue weighted by molar-refractivity contribution is -0.141. The van der Waals surface area contributed by atoms with Gasteiger partial charge in [0, 0.05) is 19.7 Å². The summed E-state index contributed by atoms with van der Waals surface area (Å²) in [6.07, 6.45) is 10.1. The van der Waals surface area contributed by atoms with E-state index in [1.165, 1.54) is 58.0 Å². The molecule has 1 aliphatic rings. The molecular formula is C15H31NO. The molecule has 0 aromatic carbocycles. The van der Waals surface area contributed by atoms with Crippen LogP contribution in [0.4, 0.5) is 0 Å². The lowest BCUT2D eigenvalue weighted by Crippen LogP contribution is -2.46. The average molecular weight is 241 g/mol. The molecule has 0 aromatic rings. The Morgan fingerprint density at radius 3 is 2.47 bits per heavy atom. The molecule has 2 nitrogen and oxygen atoms in total. The van der Waals surface area contributed by atoms with Crippen LogP contribution in [0.2, 0.25) is 0 Å². The van der Waals surface area contributed by atoms with Gasteiger partial charge >= 0.3 is 0 Å². The highest BCUT2D eigenvalue weighted by molar-refractivity contribution is 4.88. The van der Waals surface area contributed by atoms with Gasteiger partial charge in [-0.2, -0.15) is 0 Å². The summed E-state index contributed by atoms with van der Waals surface area (Å²) in [5.74, 6) is 0. The van der Waals surface area contributed by atoms with Gasteiger partial charge in [-0.3, -0.25) is 4.90 Å². The van der Waals surface area contributed by atoms with E-state index in [1.54, 1.807) is 0 Å². The lowest BCUT2D eigenvalue weighted by Gasteiger charge is -2.38. The Hall–Kier alpha value is -0.0800. The second kappa shape index (κ2) is 8.10.